The van der Waals surface area contributed by atoms with Gasteiger partial charge in [0.1, 0.15) is 11.5 Å². The third-order valence-corrected chi connectivity index (χ3v) is 5.48. The SMILES string of the molecule is O=C1CC[C@H]2[C@@H]3Cc4cc(O)ccc4[C@]2(CCN3)C1. The third-order valence-electron chi connectivity index (χ3n) is 5.48. The highest BCUT2D eigenvalue weighted by Crippen LogP contribution is 2.53. The summed E-state index contributed by atoms with van der Waals surface area (Å²) in [4.78, 5) is 12.0. The summed E-state index contributed by atoms with van der Waals surface area (Å²) in [7, 11) is 0. The Morgan fingerprint density at radius 1 is 1.37 bits per heavy atom. The van der Waals surface area contributed by atoms with Crippen molar-refractivity contribution in [1.29, 1.82) is 0 Å². The van der Waals surface area contributed by atoms with Crippen molar-refractivity contribution in [3.63, 3.8) is 0 Å². The second-order valence-corrected chi connectivity index (χ2v) is 6.37. The molecule has 3 aliphatic rings. The zero-order valence-corrected chi connectivity index (χ0v) is 11.0. The quantitative estimate of drug-likeness (QED) is 0.746. The summed E-state index contributed by atoms with van der Waals surface area (Å²) >= 11 is 0. The molecule has 0 unspecified atom stereocenters. The molecule has 1 aromatic rings. The van der Waals surface area contributed by atoms with Crippen molar-refractivity contribution >= 4 is 5.78 Å². The van der Waals surface area contributed by atoms with Crippen molar-refractivity contribution in [3.8, 4) is 5.75 Å². The first-order valence-corrected chi connectivity index (χ1v) is 7.26. The minimum atomic E-state index is 0.0481. The number of phenolic OH excluding ortho intramolecular Hbond substituents is 1. The first kappa shape index (κ1) is 11.5. The molecule has 3 heteroatoms. The highest BCUT2D eigenvalue weighted by molar-refractivity contribution is 5.81. The lowest BCUT2D eigenvalue weighted by Gasteiger charge is -2.55. The van der Waals surface area contributed by atoms with Crippen LogP contribution in [-0.4, -0.2) is 23.5 Å². The maximum atomic E-state index is 12.0. The number of phenols is 1. The zero-order valence-electron chi connectivity index (χ0n) is 11.0. The molecule has 0 aromatic heterocycles. The number of carbonyl (C=O) groups excluding carboxylic acids is 1. The molecule has 100 valence electrons. The summed E-state index contributed by atoms with van der Waals surface area (Å²) in [5.74, 6) is 1.35. The smallest absolute Gasteiger partial charge is 0.133 e. The molecule has 1 heterocycles. The van der Waals surface area contributed by atoms with Crippen molar-refractivity contribution in [1.82, 2.24) is 5.32 Å². The van der Waals surface area contributed by atoms with Crippen LogP contribution >= 0.6 is 0 Å². The molecule has 3 atom stereocenters. The topological polar surface area (TPSA) is 49.3 Å². The van der Waals surface area contributed by atoms with Gasteiger partial charge in [-0.3, -0.25) is 4.79 Å². The maximum absolute atomic E-state index is 12.0. The summed E-state index contributed by atoms with van der Waals surface area (Å²) in [5, 5.41) is 13.3. The van der Waals surface area contributed by atoms with Gasteiger partial charge in [-0.2, -0.15) is 0 Å². The van der Waals surface area contributed by atoms with Gasteiger partial charge in [0.15, 0.2) is 0 Å². The Hall–Kier alpha value is -1.35. The fraction of sp³-hybridized carbons (Fsp3) is 0.562. The molecule has 0 amide bonds. The summed E-state index contributed by atoms with van der Waals surface area (Å²) in [6.07, 6.45) is 4.52. The van der Waals surface area contributed by atoms with Crippen LogP contribution in [0.2, 0.25) is 0 Å². The molecule has 1 saturated carbocycles. The van der Waals surface area contributed by atoms with Gasteiger partial charge in [-0.1, -0.05) is 6.07 Å². The molecular formula is C16H19NO2. The fourth-order valence-corrected chi connectivity index (χ4v) is 4.76. The van der Waals surface area contributed by atoms with Crippen LogP contribution < -0.4 is 5.32 Å². The van der Waals surface area contributed by atoms with Crippen molar-refractivity contribution in [2.45, 2.75) is 43.6 Å². The van der Waals surface area contributed by atoms with Gasteiger partial charge in [0, 0.05) is 24.3 Å². The predicted molar refractivity (Wildman–Crippen MR) is 72.2 cm³/mol. The molecule has 2 bridgehead atoms. The fourth-order valence-electron chi connectivity index (χ4n) is 4.76. The van der Waals surface area contributed by atoms with Gasteiger partial charge >= 0.3 is 0 Å². The van der Waals surface area contributed by atoms with Crippen LogP contribution in [0.5, 0.6) is 5.75 Å². The first-order valence-electron chi connectivity index (χ1n) is 7.26. The van der Waals surface area contributed by atoms with E-state index in [2.05, 4.69) is 11.4 Å². The Bertz CT molecular complexity index is 554. The molecule has 1 saturated heterocycles. The van der Waals surface area contributed by atoms with Crippen LogP contribution in [0.1, 0.15) is 36.8 Å². The highest BCUT2D eigenvalue weighted by atomic mass is 16.3. The van der Waals surface area contributed by atoms with Gasteiger partial charge in [0.05, 0.1) is 0 Å². The number of hydrogen-bond acceptors (Lipinski definition) is 3. The summed E-state index contributed by atoms with van der Waals surface area (Å²) in [6, 6.07) is 6.23. The maximum Gasteiger partial charge on any atom is 0.133 e. The van der Waals surface area contributed by atoms with E-state index in [-0.39, 0.29) is 5.41 Å². The number of nitrogens with one attached hydrogen (secondary N) is 1. The molecule has 0 spiro atoms. The van der Waals surface area contributed by atoms with Gasteiger partial charge < -0.3 is 10.4 Å². The van der Waals surface area contributed by atoms with E-state index < -0.39 is 0 Å². The Morgan fingerprint density at radius 2 is 2.26 bits per heavy atom. The van der Waals surface area contributed by atoms with Crippen LogP contribution in [0.3, 0.4) is 0 Å². The number of rotatable bonds is 0. The van der Waals surface area contributed by atoms with Crippen LogP contribution in [-0.2, 0) is 16.6 Å². The molecule has 4 rings (SSSR count). The van der Waals surface area contributed by atoms with Crippen molar-refractivity contribution in [2.24, 2.45) is 5.92 Å². The number of ketones is 1. The van der Waals surface area contributed by atoms with E-state index in [0.717, 1.165) is 32.2 Å². The van der Waals surface area contributed by atoms with Crippen LogP contribution in [0, 0.1) is 5.92 Å². The number of hydrogen-bond donors (Lipinski definition) is 2. The molecule has 2 N–H and O–H groups in total. The molecule has 0 radical (unpaired) electrons. The molecular weight excluding hydrogens is 238 g/mol. The predicted octanol–water partition coefficient (Wildman–Crippen LogP) is 1.92. The van der Waals surface area contributed by atoms with E-state index >= 15 is 0 Å². The van der Waals surface area contributed by atoms with Gasteiger partial charge in [-0.25, -0.2) is 0 Å². The Morgan fingerprint density at radius 3 is 3.16 bits per heavy atom. The van der Waals surface area contributed by atoms with E-state index in [4.69, 9.17) is 0 Å². The van der Waals surface area contributed by atoms with Gasteiger partial charge in [0.25, 0.3) is 0 Å². The van der Waals surface area contributed by atoms with E-state index in [0.29, 0.717) is 29.9 Å². The average molecular weight is 257 g/mol. The minimum absolute atomic E-state index is 0.0481. The summed E-state index contributed by atoms with van der Waals surface area (Å²) in [6.45, 7) is 1.01. The van der Waals surface area contributed by atoms with E-state index in [1.165, 1.54) is 11.1 Å². The Labute approximate surface area is 113 Å². The van der Waals surface area contributed by atoms with Crippen LogP contribution in [0.15, 0.2) is 18.2 Å². The lowest BCUT2D eigenvalue weighted by atomic mass is 9.52. The first-order chi connectivity index (χ1) is 9.19. The van der Waals surface area contributed by atoms with Gasteiger partial charge in [-0.15, -0.1) is 0 Å². The number of benzene rings is 1. The monoisotopic (exact) mass is 257 g/mol. The second-order valence-electron chi connectivity index (χ2n) is 6.37. The lowest BCUT2D eigenvalue weighted by molar-refractivity contribution is -0.125. The zero-order chi connectivity index (χ0) is 13.0. The average Bonchev–Trinajstić information content (AvgIpc) is 2.37. The van der Waals surface area contributed by atoms with Gasteiger partial charge in [-0.05, 0) is 55.0 Å². The second kappa shape index (κ2) is 3.83. The van der Waals surface area contributed by atoms with Crippen LogP contribution in [0.25, 0.3) is 0 Å². The lowest BCUT2D eigenvalue weighted by Crippen LogP contribution is -2.60. The van der Waals surface area contributed by atoms with Crippen molar-refractivity contribution in [3.05, 3.63) is 29.3 Å². The van der Waals surface area contributed by atoms with E-state index in [1.54, 1.807) is 6.07 Å². The normalized spacial score (nSPS) is 36.5. The molecule has 3 nitrogen and oxygen atoms in total. The highest BCUT2D eigenvalue weighted by Gasteiger charge is 2.53. The van der Waals surface area contributed by atoms with E-state index in [9.17, 15) is 9.90 Å². The molecule has 2 fully saturated rings. The van der Waals surface area contributed by atoms with Crippen LogP contribution in [0.4, 0.5) is 0 Å². The number of Topliss-reactive ketones (excluding diaryl/α,β-unsaturated/α-hetero) is 1. The molecule has 2 aliphatic carbocycles. The van der Waals surface area contributed by atoms with E-state index in [1.807, 2.05) is 6.07 Å². The third kappa shape index (κ3) is 1.51. The summed E-state index contributed by atoms with van der Waals surface area (Å²) < 4.78 is 0. The number of fused-ring (bicyclic) bond motifs is 1. The van der Waals surface area contributed by atoms with Gasteiger partial charge in [0.2, 0.25) is 0 Å². The number of aromatic hydroxyl groups is 1. The largest absolute Gasteiger partial charge is 0.508 e. The Balaban J connectivity index is 1.91. The number of piperidine rings is 1. The molecule has 1 aliphatic heterocycles. The number of carbonyl (C=O) groups is 1. The Kier molecular flexibility index (Phi) is 2.31. The van der Waals surface area contributed by atoms with Crippen molar-refractivity contribution in [2.75, 3.05) is 6.54 Å². The molecule has 19 heavy (non-hydrogen) atoms. The standard InChI is InChI=1S/C16H19NO2/c18-11-1-3-13-10(7-11)8-15-14-4-2-12(19)9-16(13,14)5-6-17-15/h1,3,7,14-15,17-18H,2,4-6,8-9H2/t14-,15-,16-/m0/s1. The summed E-state index contributed by atoms with van der Waals surface area (Å²) in [5.41, 5.74) is 2.62. The van der Waals surface area contributed by atoms with Crippen molar-refractivity contribution < 1.29 is 9.90 Å². The minimum Gasteiger partial charge on any atom is -0.508 e. The molecule has 1 aromatic carbocycles.